The lowest BCUT2D eigenvalue weighted by atomic mass is 10.1. The van der Waals surface area contributed by atoms with E-state index in [9.17, 15) is 15.0 Å². The quantitative estimate of drug-likeness (QED) is 0.828. The molecule has 4 nitrogen and oxygen atoms in total. The van der Waals surface area contributed by atoms with E-state index in [4.69, 9.17) is 0 Å². The molecule has 17 heavy (non-hydrogen) atoms. The van der Waals surface area contributed by atoms with Crippen LogP contribution in [0.5, 0.6) is 0 Å². The largest absolute Gasteiger partial charge is 0.480 e. The van der Waals surface area contributed by atoms with Gasteiger partial charge in [0.1, 0.15) is 6.04 Å². The summed E-state index contributed by atoms with van der Waals surface area (Å²) in [6.45, 7) is 2.62. The number of fused-ring (bicyclic) bond motifs is 1. The summed E-state index contributed by atoms with van der Waals surface area (Å²) in [5, 5.41) is 18.5. The van der Waals surface area contributed by atoms with Crippen LogP contribution in [0.15, 0.2) is 18.2 Å². The first-order valence-electron chi connectivity index (χ1n) is 5.90. The average Bonchev–Trinajstić information content (AvgIpc) is 2.73. The Morgan fingerprint density at radius 3 is 2.88 bits per heavy atom. The van der Waals surface area contributed by atoms with Crippen LogP contribution < -0.4 is 4.90 Å². The number of benzene rings is 1. The van der Waals surface area contributed by atoms with Crippen molar-refractivity contribution in [1.82, 2.24) is 0 Å². The molecular weight excluding hydrogens is 218 g/mol. The van der Waals surface area contributed by atoms with Crippen molar-refractivity contribution in [2.45, 2.75) is 32.4 Å². The smallest absolute Gasteiger partial charge is 0.326 e. The number of hydrogen-bond donors (Lipinski definition) is 2. The van der Waals surface area contributed by atoms with E-state index in [-0.39, 0.29) is 6.61 Å². The predicted molar refractivity (Wildman–Crippen MR) is 65.1 cm³/mol. The van der Waals surface area contributed by atoms with E-state index in [1.54, 1.807) is 0 Å². The van der Waals surface area contributed by atoms with E-state index in [1.165, 1.54) is 0 Å². The van der Waals surface area contributed by atoms with E-state index in [0.29, 0.717) is 6.42 Å². The van der Waals surface area contributed by atoms with Crippen LogP contribution in [0.3, 0.4) is 0 Å². The van der Waals surface area contributed by atoms with Gasteiger partial charge in [0, 0.05) is 12.2 Å². The van der Waals surface area contributed by atoms with Crippen molar-refractivity contribution in [2.75, 3.05) is 11.4 Å². The zero-order valence-electron chi connectivity index (χ0n) is 9.89. The van der Waals surface area contributed by atoms with Crippen molar-refractivity contribution in [1.29, 1.82) is 0 Å². The molecule has 0 spiro atoms. The van der Waals surface area contributed by atoms with Gasteiger partial charge in [0.25, 0.3) is 0 Å². The molecule has 92 valence electrons. The second-order valence-electron chi connectivity index (χ2n) is 4.28. The van der Waals surface area contributed by atoms with E-state index in [0.717, 1.165) is 29.8 Å². The minimum atomic E-state index is -0.783. The summed E-state index contributed by atoms with van der Waals surface area (Å²) >= 11 is 0. The Morgan fingerprint density at radius 1 is 1.53 bits per heavy atom. The van der Waals surface area contributed by atoms with Gasteiger partial charge in [-0.1, -0.05) is 19.1 Å². The number of carboxylic acids is 1. The lowest BCUT2D eigenvalue weighted by Crippen LogP contribution is -2.39. The first kappa shape index (κ1) is 11.9. The van der Waals surface area contributed by atoms with E-state index in [2.05, 4.69) is 0 Å². The lowest BCUT2D eigenvalue weighted by Gasteiger charge is -2.26. The topological polar surface area (TPSA) is 60.8 Å². The van der Waals surface area contributed by atoms with Crippen LogP contribution in [0.4, 0.5) is 5.69 Å². The molecule has 0 radical (unpaired) electrons. The minimum absolute atomic E-state index is 0.0148. The summed E-state index contributed by atoms with van der Waals surface area (Å²) in [5.74, 6) is -0.783. The first-order chi connectivity index (χ1) is 8.19. The van der Waals surface area contributed by atoms with Gasteiger partial charge < -0.3 is 15.1 Å². The van der Waals surface area contributed by atoms with Crippen molar-refractivity contribution in [3.8, 4) is 0 Å². The molecule has 0 aliphatic carbocycles. The van der Waals surface area contributed by atoms with Gasteiger partial charge in [-0.25, -0.2) is 4.79 Å². The molecule has 0 bridgehead atoms. The molecule has 1 aromatic carbocycles. The molecule has 0 fully saturated rings. The van der Waals surface area contributed by atoms with Gasteiger partial charge in [-0.15, -0.1) is 0 Å². The standard InChI is InChI=1S/C13H17NO3/c1-2-11(13(16)17)14-7-6-10-9(8-15)4-3-5-12(10)14/h3-5,11,15H,2,6-8H2,1H3,(H,16,17)/t11-/m0/s1. The number of aliphatic carboxylic acids is 1. The molecule has 1 heterocycles. The molecule has 0 saturated heterocycles. The fourth-order valence-corrected chi connectivity index (χ4v) is 2.53. The highest BCUT2D eigenvalue weighted by Crippen LogP contribution is 2.32. The molecule has 2 N–H and O–H groups in total. The molecule has 1 aliphatic rings. The van der Waals surface area contributed by atoms with E-state index in [1.807, 2.05) is 30.0 Å². The van der Waals surface area contributed by atoms with Crippen molar-refractivity contribution >= 4 is 11.7 Å². The maximum atomic E-state index is 11.2. The van der Waals surface area contributed by atoms with Crippen LogP contribution in [0.25, 0.3) is 0 Å². The molecule has 1 aromatic rings. The van der Waals surface area contributed by atoms with Gasteiger partial charge >= 0.3 is 5.97 Å². The molecule has 0 unspecified atom stereocenters. The second kappa shape index (κ2) is 4.75. The molecule has 4 heteroatoms. The van der Waals surface area contributed by atoms with Gasteiger partial charge in [-0.3, -0.25) is 0 Å². The van der Waals surface area contributed by atoms with Crippen LogP contribution in [-0.2, 0) is 17.8 Å². The highest BCUT2D eigenvalue weighted by molar-refractivity contribution is 5.80. The summed E-state index contributed by atoms with van der Waals surface area (Å²) in [4.78, 5) is 13.1. The summed E-state index contributed by atoms with van der Waals surface area (Å²) in [6, 6.07) is 5.24. The molecular formula is C13H17NO3. The predicted octanol–water partition coefficient (Wildman–Crippen LogP) is 1.40. The zero-order chi connectivity index (χ0) is 12.4. The Kier molecular flexibility index (Phi) is 3.33. The van der Waals surface area contributed by atoms with Crippen LogP contribution in [0.1, 0.15) is 24.5 Å². The normalized spacial score (nSPS) is 15.8. The zero-order valence-corrected chi connectivity index (χ0v) is 9.89. The number of carboxylic acid groups (broad SMARTS) is 1. The van der Waals surface area contributed by atoms with Crippen molar-refractivity contribution in [3.05, 3.63) is 29.3 Å². The molecule has 0 aromatic heterocycles. The second-order valence-corrected chi connectivity index (χ2v) is 4.28. The van der Waals surface area contributed by atoms with Crippen LogP contribution in [-0.4, -0.2) is 28.8 Å². The number of hydrogen-bond acceptors (Lipinski definition) is 3. The summed E-state index contributed by atoms with van der Waals surface area (Å²) in [5.41, 5.74) is 2.96. The Hall–Kier alpha value is -1.55. The summed E-state index contributed by atoms with van der Waals surface area (Å²) < 4.78 is 0. The number of aliphatic hydroxyl groups excluding tert-OH is 1. The maximum Gasteiger partial charge on any atom is 0.326 e. The van der Waals surface area contributed by atoms with Crippen molar-refractivity contribution in [2.24, 2.45) is 0 Å². The molecule has 2 rings (SSSR count). The van der Waals surface area contributed by atoms with Crippen LogP contribution in [0.2, 0.25) is 0 Å². The van der Waals surface area contributed by atoms with Gasteiger partial charge in [0.05, 0.1) is 6.61 Å². The SMILES string of the molecule is CC[C@@H](C(=O)O)N1CCc2c(CO)cccc21. The highest BCUT2D eigenvalue weighted by Gasteiger charge is 2.30. The average molecular weight is 235 g/mol. The fourth-order valence-electron chi connectivity index (χ4n) is 2.53. The molecule has 1 atom stereocenters. The third kappa shape index (κ3) is 2.00. The Morgan fingerprint density at radius 2 is 2.29 bits per heavy atom. The first-order valence-corrected chi connectivity index (χ1v) is 5.90. The molecule has 0 saturated carbocycles. The highest BCUT2D eigenvalue weighted by atomic mass is 16.4. The van der Waals surface area contributed by atoms with Gasteiger partial charge in [0.2, 0.25) is 0 Å². The number of carbonyl (C=O) groups is 1. The van der Waals surface area contributed by atoms with Gasteiger partial charge in [-0.2, -0.15) is 0 Å². The maximum absolute atomic E-state index is 11.2. The monoisotopic (exact) mass is 235 g/mol. The summed E-state index contributed by atoms with van der Waals surface area (Å²) in [7, 11) is 0. The third-order valence-electron chi connectivity index (χ3n) is 3.38. The van der Waals surface area contributed by atoms with Gasteiger partial charge in [-0.05, 0) is 30.0 Å². The fraction of sp³-hybridized carbons (Fsp3) is 0.462. The third-order valence-corrected chi connectivity index (χ3v) is 3.38. The number of rotatable bonds is 4. The summed E-state index contributed by atoms with van der Waals surface area (Å²) in [6.07, 6.45) is 1.40. The molecule has 0 amide bonds. The van der Waals surface area contributed by atoms with Crippen LogP contribution in [0, 0.1) is 0 Å². The minimum Gasteiger partial charge on any atom is -0.480 e. The van der Waals surface area contributed by atoms with Gasteiger partial charge in [0.15, 0.2) is 0 Å². The Bertz CT molecular complexity index is 431. The Labute approximate surface area is 100 Å². The van der Waals surface area contributed by atoms with E-state index < -0.39 is 12.0 Å². The number of nitrogens with zero attached hydrogens (tertiary/aromatic N) is 1. The van der Waals surface area contributed by atoms with Crippen molar-refractivity contribution < 1.29 is 15.0 Å². The number of aliphatic hydroxyl groups is 1. The van der Waals surface area contributed by atoms with Crippen LogP contribution >= 0.6 is 0 Å². The van der Waals surface area contributed by atoms with E-state index >= 15 is 0 Å². The number of anilines is 1. The molecule has 1 aliphatic heterocycles. The van der Waals surface area contributed by atoms with Crippen molar-refractivity contribution in [3.63, 3.8) is 0 Å². The Balaban J connectivity index is 2.36. The lowest BCUT2D eigenvalue weighted by molar-refractivity contribution is -0.138.